The van der Waals surface area contributed by atoms with E-state index in [1.165, 1.54) is 4.57 Å². The van der Waals surface area contributed by atoms with Crippen molar-refractivity contribution in [3.05, 3.63) is 45.9 Å². The number of aliphatic carboxylic acids is 1. The van der Waals surface area contributed by atoms with E-state index < -0.39 is 5.97 Å². The van der Waals surface area contributed by atoms with Crippen LogP contribution in [0.1, 0.15) is 12.5 Å². The Morgan fingerprint density at radius 2 is 2.27 bits per heavy atom. The molecule has 1 rings (SSSR count). The molecule has 0 radical (unpaired) electrons. The number of carboxylic acid groups (broad SMARTS) is 1. The van der Waals surface area contributed by atoms with E-state index in [2.05, 4.69) is 0 Å². The fourth-order valence-corrected chi connectivity index (χ4v) is 1.31. The molecule has 0 aliphatic heterocycles. The van der Waals surface area contributed by atoms with Crippen LogP contribution in [0, 0.1) is 6.92 Å². The number of carbonyl (C=O) groups is 1. The third-order valence-electron chi connectivity index (χ3n) is 2.00. The van der Waals surface area contributed by atoms with Crippen molar-refractivity contribution < 1.29 is 9.90 Å². The van der Waals surface area contributed by atoms with Gasteiger partial charge < -0.3 is 9.67 Å². The predicted molar refractivity (Wildman–Crippen MR) is 56.8 cm³/mol. The van der Waals surface area contributed by atoms with Crippen molar-refractivity contribution in [2.45, 2.75) is 20.4 Å². The van der Waals surface area contributed by atoms with Gasteiger partial charge in [0.25, 0.3) is 5.56 Å². The second-order valence-corrected chi connectivity index (χ2v) is 3.45. The van der Waals surface area contributed by atoms with Gasteiger partial charge in [-0.2, -0.15) is 0 Å². The molecule has 80 valence electrons. The van der Waals surface area contributed by atoms with Gasteiger partial charge in [-0.25, -0.2) is 4.79 Å². The summed E-state index contributed by atoms with van der Waals surface area (Å²) in [6.45, 7) is 3.73. The largest absolute Gasteiger partial charge is 0.478 e. The normalized spacial score (nSPS) is 11.5. The Bertz CT molecular complexity index is 457. The molecule has 4 nitrogen and oxygen atoms in total. The molecule has 15 heavy (non-hydrogen) atoms. The number of rotatable bonds is 3. The third kappa shape index (κ3) is 3.09. The lowest BCUT2D eigenvalue weighted by Gasteiger charge is -2.05. The second-order valence-electron chi connectivity index (χ2n) is 3.45. The van der Waals surface area contributed by atoms with Crippen molar-refractivity contribution in [2.24, 2.45) is 0 Å². The SMILES string of the molecule is CC(=CC(=O)O)Cn1cccc(C)c1=O. The number of carboxylic acids is 1. The molecule has 1 N–H and O–H groups in total. The first-order valence-electron chi connectivity index (χ1n) is 4.57. The smallest absolute Gasteiger partial charge is 0.328 e. The lowest BCUT2D eigenvalue weighted by atomic mass is 10.2. The van der Waals surface area contributed by atoms with Gasteiger partial charge in [0, 0.05) is 24.4 Å². The summed E-state index contributed by atoms with van der Waals surface area (Å²) >= 11 is 0. The van der Waals surface area contributed by atoms with Crippen LogP contribution in [0.3, 0.4) is 0 Å². The number of pyridine rings is 1. The fraction of sp³-hybridized carbons (Fsp3) is 0.273. The van der Waals surface area contributed by atoms with Gasteiger partial charge in [0.2, 0.25) is 0 Å². The molecule has 0 saturated carbocycles. The van der Waals surface area contributed by atoms with Gasteiger partial charge in [-0.3, -0.25) is 4.79 Å². The van der Waals surface area contributed by atoms with Gasteiger partial charge in [0.15, 0.2) is 0 Å². The Morgan fingerprint density at radius 3 is 2.87 bits per heavy atom. The standard InChI is InChI=1S/C11H13NO3/c1-8(6-10(13)14)7-12-5-3-4-9(2)11(12)15/h3-6H,7H2,1-2H3,(H,13,14). The quantitative estimate of drug-likeness (QED) is 0.757. The molecule has 1 aromatic heterocycles. The molecule has 1 aromatic rings. The maximum absolute atomic E-state index is 11.6. The van der Waals surface area contributed by atoms with Crippen LogP contribution in [0.4, 0.5) is 0 Å². The molecule has 0 atom stereocenters. The van der Waals surface area contributed by atoms with Gasteiger partial charge in [0.1, 0.15) is 0 Å². The van der Waals surface area contributed by atoms with Crippen LogP contribution in [-0.2, 0) is 11.3 Å². The molecule has 0 spiro atoms. The number of aryl methyl sites for hydroxylation is 1. The highest BCUT2D eigenvalue weighted by molar-refractivity contribution is 5.80. The minimum atomic E-state index is -0.992. The molecule has 4 heteroatoms. The van der Waals surface area contributed by atoms with Crippen LogP contribution >= 0.6 is 0 Å². The Labute approximate surface area is 87.5 Å². The summed E-state index contributed by atoms with van der Waals surface area (Å²) in [6.07, 6.45) is 2.75. The van der Waals surface area contributed by atoms with Crippen molar-refractivity contribution in [2.75, 3.05) is 0 Å². The Morgan fingerprint density at radius 1 is 1.60 bits per heavy atom. The van der Waals surface area contributed by atoms with E-state index >= 15 is 0 Å². The molecular formula is C11H13NO3. The molecule has 1 heterocycles. The number of aromatic nitrogens is 1. The lowest BCUT2D eigenvalue weighted by Crippen LogP contribution is -2.21. The zero-order valence-corrected chi connectivity index (χ0v) is 8.73. The van der Waals surface area contributed by atoms with E-state index in [9.17, 15) is 9.59 Å². The van der Waals surface area contributed by atoms with E-state index in [1.807, 2.05) is 0 Å². The first kappa shape index (κ1) is 11.2. The summed E-state index contributed by atoms with van der Waals surface area (Å²) in [5, 5.41) is 8.52. The molecule has 0 fully saturated rings. The molecule has 0 unspecified atom stereocenters. The van der Waals surface area contributed by atoms with Crippen molar-refractivity contribution in [1.29, 1.82) is 0 Å². The summed E-state index contributed by atoms with van der Waals surface area (Å²) in [5.74, 6) is -0.992. The topological polar surface area (TPSA) is 59.3 Å². The van der Waals surface area contributed by atoms with Crippen LogP contribution in [-0.4, -0.2) is 15.6 Å². The summed E-state index contributed by atoms with van der Waals surface area (Å²) in [5.41, 5.74) is 1.20. The van der Waals surface area contributed by atoms with E-state index in [1.54, 1.807) is 32.2 Å². The predicted octanol–water partition coefficient (Wildman–Crippen LogP) is 1.19. The Kier molecular flexibility index (Phi) is 3.44. The van der Waals surface area contributed by atoms with Crippen molar-refractivity contribution in [3.63, 3.8) is 0 Å². The number of nitrogens with zero attached hydrogens (tertiary/aromatic N) is 1. The van der Waals surface area contributed by atoms with E-state index in [0.29, 0.717) is 17.7 Å². The van der Waals surface area contributed by atoms with Crippen LogP contribution in [0.15, 0.2) is 34.8 Å². The van der Waals surface area contributed by atoms with E-state index in [4.69, 9.17) is 5.11 Å². The van der Waals surface area contributed by atoms with Gasteiger partial charge in [0.05, 0.1) is 0 Å². The molecule has 0 aromatic carbocycles. The Balaban J connectivity index is 2.96. The van der Waals surface area contributed by atoms with E-state index in [0.717, 1.165) is 6.08 Å². The number of hydrogen-bond donors (Lipinski definition) is 1. The summed E-state index contributed by atoms with van der Waals surface area (Å²) in [6, 6.07) is 3.50. The minimum Gasteiger partial charge on any atom is -0.478 e. The molecule has 0 aliphatic carbocycles. The first-order chi connectivity index (χ1) is 7.00. The second kappa shape index (κ2) is 4.59. The van der Waals surface area contributed by atoms with Crippen molar-refractivity contribution in [1.82, 2.24) is 4.57 Å². The van der Waals surface area contributed by atoms with Crippen LogP contribution in [0.25, 0.3) is 0 Å². The lowest BCUT2D eigenvalue weighted by molar-refractivity contribution is -0.131. The van der Waals surface area contributed by atoms with Gasteiger partial charge in [-0.15, -0.1) is 0 Å². The fourth-order valence-electron chi connectivity index (χ4n) is 1.31. The maximum atomic E-state index is 11.6. The zero-order chi connectivity index (χ0) is 11.4. The average molecular weight is 207 g/mol. The maximum Gasteiger partial charge on any atom is 0.328 e. The highest BCUT2D eigenvalue weighted by Crippen LogP contribution is 1.97. The number of allylic oxidation sites excluding steroid dienone is 1. The van der Waals surface area contributed by atoms with Crippen LogP contribution < -0.4 is 5.56 Å². The van der Waals surface area contributed by atoms with Crippen LogP contribution in [0.5, 0.6) is 0 Å². The van der Waals surface area contributed by atoms with Crippen molar-refractivity contribution in [3.8, 4) is 0 Å². The van der Waals surface area contributed by atoms with Crippen LogP contribution in [0.2, 0.25) is 0 Å². The van der Waals surface area contributed by atoms with Gasteiger partial charge in [-0.1, -0.05) is 6.07 Å². The highest BCUT2D eigenvalue weighted by atomic mass is 16.4. The highest BCUT2D eigenvalue weighted by Gasteiger charge is 2.00. The molecule has 0 bridgehead atoms. The monoisotopic (exact) mass is 207 g/mol. The summed E-state index contributed by atoms with van der Waals surface area (Å²) < 4.78 is 1.49. The molecule has 0 aliphatic rings. The minimum absolute atomic E-state index is 0.0874. The van der Waals surface area contributed by atoms with Gasteiger partial charge in [-0.05, 0) is 25.5 Å². The van der Waals surface area contributed by atoms with E-state index in [-0.39, 0.29) is 5.56 Å². The number of hydrogen-bond acceptors (Lipinski definition) is 2. The Hall–Kier alpha value is -1.84. The molecular weight excluding hydrogens is 194 g/mol. The average Bonchev–Trinajstić information content (AvgIpc) is 2.11. The summed E-state index contributed by atoms with van der Waals surface area (Å²) in [7, 11) is 0. The molecule has 0 saturated heterocycles. The first-order valence-corrected chi connectivity index (χ1v) is 4.57. The summed E-state index contributed by atoms with van der Waals surface area (Å²) in [4.78, 5) is 22.0. The van der Waals surface area contributed by atoms with Gasteiger partial charge >= 0.3 is 5.97 Å². The van der Waals surface area contributed by atoms with Crippen molar-refractivity contribution >= 4 is 5.97 Å². The molecule has 0 amide bonds. The third-order valence-corrected chi connectivity index (χ3v) is 2.00. The zero-order valence-electron chi connectivity index (χ0n) is 8.73.